The van der Waals surface area contributed by atoms with E-state index in [0.29, 0.717) is 19.8 Å². The van der Waals surface area contributed by atoms with Crippen LogP contribution in [0.4, 0.5) is 0 Å². The second kappa shape index (κ2) is 8.25. The van der Waals surface area contributed by atoms with E-state index in [1.165, 1.54) is 16.7 Å². The monoisotopic (exact) mass is 251 g/mol. The quantitative estimate of drug-likeness (QED) is 0.720. The molecule has 0 aliphatic rings. The molecule has 3 heteroatoms. The highest BCUT2D eigenvalue weighted by molar-refractivity contribution is 5.32. The average Bonchev–Trinajstić information content (AvgIpc) is 2.35. The largest absolute Gasteiger partial charge is 0.379 e. The molecule has 1 rings (SSSR count). The molecule has 0 saturated carbocycles. The number of hydrogen-bond acceptors (Lipinski definition) is 3. The molecule has 0 bridgehead atoms. The Bertz CT molecular complexity index is 352. The first-order valence-corrected chi connectivity index (χ1v) is 6.59. The van der Waals surface area contributed by atoms with Gasteiger partial charge in [0.15, 0.2) is 0 Å². The van der Waals surface area contributed by atoms with Gasteiger partial charge in [-0.3, -0.25) is 0 Å². The fraction of sp³-hybridized carbons (Fsp3) is 0.600. The fourth-order valence-corrected chi connectivity index (χ4v) is 2.01. The molecule has 0 fully saturated rings. The molecular formula is C15H25NO2. The third-order valence-electron chi connectivity index (χ3n) is 3.01. The first-order chi connectivity index (χ1) is 8.69. The third-order valence-corrected chi connectivity index (χ3v) is 3.01. The number of nitrogens with one attached hydrogen (secondary N) is 1. The third kappa shape index (κ3) is 4.77. The highest BCUT2D eigenvalue weighted by Crippen LogP contribution is 2.19. The van der Waals surface area contributed by atoms with E-state index in [1.54, 1.807) is 0 Å². The van der Waals surface area contributed by atoms with Crippen LogP contribution in [0.3, 0.4) is 0 Å². The summed E-state index contributed by atoms with van der Waals surface area (Å²) < 4.78 is 10.9. The van der Waals surface area contributed by atoms with Gasteiger partial charge in [0.05, 0.1) is 25.9 Å². The average molecular weight is 251 g/mol. The van der Waals surface area contributed by atoms with Gasteiger partial charge in [0, 0.05) is 6.61 Å². The lowest BCUT2D eigenvalue weighted by Crippen LogP contribution is -2.23. The molecular weight excluding hydrogens is 226 g/mol. The Balaban J connectivity index is 2.49. The van der Waals surface area contributed by atoms with Gasteiger partial charge < -0.3 is 14.8 Å². The zero-order chi connectivity index (χ0) is 13.4. The maximum Gasteiger partial charge on any atom is 0.0701 e. The Morgan fingerprint density at radius 3 is 2.50 bits per heavy atom. The van der Waals surface area contributed by atoms with Crippen LogP contribution in [0.2, 0.25) is 0 Å². The maximum absolute atomic E-state index is 5.64. The second-order valence-corrected chi connectivity index (χ2v) is 4.47. The molecule has 1 atom stereocenters. The molecule has 0 heterocycles. The molecule has 0 amide bonds. The zero-order valence-electron chi connectivity index (χ0n) is 12.0. The van der Waals surface area contributed by atoms with Crippen LogP contribution in [0.1, 0.15) is 29.7 Å². The van der Waals surface area contributed by atoms with Crippen molar-refractivity contribution in [1.29, 1.82) is 0 Å². The number of benzene rings is 1. The van der Waals surface area contributed by atoms with Gasteiger partial charge in [-0.15, -0.1) is 0 Å². The minimum Gasteiger partial charge on any atom is -0.379 e. The number of aryl methyl sites for hydroxylation is 2. The van der Waals surface area contributed by atoms with Gasteiger partial charge in [0.2, 0.25) is 0 Å². The molecule has 0 radical (unpaired) electrons. The van der Waals surface area contributed by atoms with Gasteiger partial charge >= 0.3 is 0 Å². The van der Waals surface area contributed by atoms with E-state index in [4.69, 9.17) is 9.47 Å². The van der Waals surface area contributed by atoms with Gasteiger partial charge in [0.1, 0.15) is 0 Å². The summed E-state index contributed by atoms with van der Waals surface area (Å²) in [4.78, 5) is 0. The summed E-state index contributed by atoms with van der Waals surface area (Å²) in [6.45, 7) is 8.99. The van der Waals surface area contributed by atoms with E-state index in [-0.39, 0.29) is 6.04 Å². The van der Waals surface area contributed by atoms with Crippen molar-refractivity contribution in [3.05, 3.63) is 34.9 Å². The normalized spacial score (nSPS) is 12.7. The topological polar surface area (TPSA) is 30.5 Å². The maximum atomic E-state index is 5.64. The van der Waals surface area contributed by atoms with E-state index in [0.717, 1.165) is 6.61 Å². The second-order valence-electron chi connectivity index (χ2n) is 4.47. The van der Waals surface area contributed by atoms with Crippen molar-refractivity contribution in [3.8, 4) is 0 Å². The van der Waals surface area contributed by atoms with E-state index < -0.39 is 0 Å². The summed E-state index contributed by atoms with van der Waals surface area (Å²) in [7, 11) is 1.97. The molecule has 0 aliphatic carbocycles. The fourth-order valence-electron chi connectivity index (χ4n) is 2.01. The minimum atomic E-state index is 0.243. The van der Waals surface area contributed by atoms with E-state index >= 15 is 0 Å². The van der Waals surface area contributed by atoms with Crippen LogP contribution >= 0.6 is 0 Å². The summed E-state index contributed by atoms with van der Waals surface area (Å²) >= 11 is 0. The molecule has 0 aromatic heterocycles. The first kappa shape index (κ1) is 15.2. The Kier molecular flexibility index (Phi) is 6.94. The van der Waals surface area contributed by atoms with Crippen LogP contribution < -0.4 is 5.32 Å². The predicted octanol–water partition coefficient (Wildman–Crippen LogP) is 2.62. The molecule has 102 valence electrons. The van der Waals surface area contributed by atoms with Crippen molar-refractivity contribution >= 4 is 0 Å². The van der Waals surface area contributed by atoms with Crippen molar-refractivity contribution in [3.63, 3.8) is 0 Å². The minimum absolute atomic E-state index is 0.243. The van der Waals surface area contributed by atoms with Gasteiger partial charge in [-0.1, -0.05) is 23.8 Å². The van der Waals surface area contributed by atoms with Gasteiger partial charge in [-0.05, 0) is 38.9 Å². The summed E-state index contributed by atoms with van der Waals surface area (Å²) in [6, 6.07) is 6.78. The molecule has 1 N–H and O–H groups in total. The molecule has 1 aromatic rings. The zero-order valence-corrected chi connectivity index (χ0v) is 12.0. The van der Waals surface area contributed by atoms with Crippen LogP contribution in [-0.2, 0) is 9.47 Å². The molecule has 18 heavy (non-hydrogen) atoms. The van der Waals surface area contributed by atoms with Gasteiger partial charge in [-0.2, -0.15) is 0 Å². The highest BCUT2D eigenvalue weighted by atomic mass is 16.5. The van der Waals surface area contributed by atoms with Crippen LogP contribution in [0, 0.1) is 13.8 Å². The Morgan fingerprint density at radius 2 is 1.89 bits per heavy atom. The number of ether oxygens (including phenoxy) is 2. The van der Waals surface area contributed by atoms with Crippen molar-refractivity contribution in [1.82, 2.24) is 5.32 Å². The molecule has 1 aromatic carbocycles. The summed E-state index contributed by atoms with van der Waals surface area (Å²) in [5.74, 6) is 0. The van der Waals surface area contributed by atoms with Crippen LogP contribution in [0.25, 0.3) is 0 Å². The van der Waals surface area contributed by atoms with Crippen molar-refractivity contribution in [2.75, 3.05) is 33.5 Å². The lowest BCUT2D eigenvalue weighted by molar-refractivity contribution is 0.0441. The van der Waals surface area contributed by atoms with Gasteiger partial charge in [0.25, 0.3) is 0 Å². The van der Waals surface area contributed by atoms with E-state index in [2.05, 4.69) is 37.4 Å². The summed E-state index contributed by atoms with van der Waals surface area (Å²) in [6.07, 6.45) is 0. The lowest BCUT2D eigenvalue weighted by atomic mass is 10.00. The van der Waals surface area contributed by atoms with Crippen LogP contribution in [-0.4, -0.2) is 33.5 Å². The van der Waals surface area contributed by atoms with Gasteiger partial charge in [-0.25, -0.2) is 0 Å². The van der Waals surface area contributed by atoms with Crippen molar-refractivity contribution in [2.45, 2.75) is 26.8 Å². The molecule has 3 nitrogen and oxygen atoms in total. The predicted molar refractivity (Wildman–Crippen MR) is 75.0 cm³/mol. The standard InChI is InChI=1S/C15H25NO2/c1-5-17-8-9-18-11-15(16-4)14-7-6-12(2)10-13(14)3/h6-7,10,15-16H,5,8-9,11H2,1-4H3. The van der Waals surface area contributed by atoms with E-state index in [1.807, 2.05) is 14.0 Å². The Morgan fingerprint density at radius 1 is 1.17 bits per heavy atom. The summed E-state index contributed by atoms with van der Waals surface area (Å²) in [5, 5.41) is 3.30. The molecule has 0 aliphatic heterocycles. The molecule has 0 saturated heterocycles. The Hall–Kier alpha value is -0.900. The Labute approximate surface area is 110 Å². The first-order valence-electron chi connectivity index (χ1n) is 6.59. The summed E-state index contributed by atoms with van der Waals surface area (Å²) in [5.41, 5.74) is 3.91. The van der Waals surface area contributed by atoms with E-state index in [9.17, 15) is 0 Å². The number of likely N-dealkylation sites (N-methyl/N-ethyl adjacent to an activating group) is 1. The van der Waals surface area contributed by atoms with Crippen molar-refractivity contribution < 1.29 is 9.47 Å². The highest BCUT2D eigenvalue weighted by Gasteiger charge is 2.11. The van der Waals surface area contributed by atoms with Crippen LogP contribution in [0.15, 0.2) is 18.2 Å². The smallest absolute Gasteiger partial charge is 0.0701 e. The number of hydrogen-bond donors (Lipinski definition) is 1. The van der Waals surface area contributed by atoms with Crippen LogP contribution in [0.5, 0.6) is 0 Å². The van der Waals surface area contributed by atoms with Crippen molar-refractivity contribution in [2.24, 2.45) is 0 Å². The molecule has 0 spiro atoms. The SMILES string of the molecule is CCOCCOCC(NC)c1ccc(C)cc1C. The molecule has 1 unspecified atom stereocenters. The number of rotatable bonds is 8. The lowest BCUT2D eigenvalue weighted by Gasteiger charge is -2.19.